The third-order valence-corrected chi connectivity index (χ3v) is 5.23. The molecule has 7 nitrogen and oxygen atoms in total. The van der Waals surface area contributed by atoms with Gasteiger partial charge in [0, 0.05) is 24.9 Å². The number of halogens is 1. The van der Waals surface area contributed by atoms with Crippen LogP contribution in [-0.4, -0.2) is 39.6 Å². The van der Waals surface area contributed by atoms with Gasteiger partial charge in [0.2, 0.25) is 5.16 Å². The van der Waals surface area contributed by atoms with Crippen LogP contribution in [0.4, 0.5) is 0 Å². The van der Waals surface area contributed by atoms with Crippen LogP contribution >= 0.6 is 24.2 Å². The van der Waals surface area contributed by atoms with Crippen LogP contribution in [0.5, 0.6) is 11.5 Å². The Labute approximate surface area is 181 Å². The number of methoxy groups -OCH3 is 1. The lowest BCUT2D eigenvalue weighted by Crippen LogP contribution is -2.16. The van der Waals surface area contributed by atoms with Crippen LogP contribution in [0.1, 0.15) is 17.5 Å². The maximum absolute atomic E-state index is 6.09. The minimum Gasteiger partial charge on any atom is -0.493 e. The quantitative estimate of drug-likeness (QED) is 0.365. The molecule has 156 valence electrons. The predicted octanol–water partition coefficient (Wildman–Crippen LogP) is 3.49. The third kappa shape index (κ3) is 6.92. The summed E-state index contributed by atoms with van der Waals surface area (Å²) in [5, 5.41) is 15.8. The molecule has 0 saturated heterocycles. The van der Waals surface area contributed by atoms with E-state index in [0.717, 1.165) is 53.0 Å². The zero-order valence-corrected chi connectivity index (χ0v) is 18.2. The third-order valence-electron chi connectivity index (χ3n) is 4.13. The molecule has 1 aromatic heterocycles. The number of thioether (sulfide) groups is 1. The number of hydrogen-bond acceptors (Lipinski definition) is 7. The summed E-state index contributed by atoms with van der Waals surface area (Å²) < 4.78 is 13.3. The van der Waals surface area contributed by atoms with E-state index in [2.05, 4.69) is 39.0 Å². The molecule has 0 aliphatic rings. The number of aryl methyl sites for hydroxylation is 1. The Hall–Kier alpha value is -2.29. The first-order valence-corrected chi connectivity index (χ1v) is 10.1. The lowest BCUT2D eigenvalue weighted by Gasteiger charge is -2.15. The second-order valence-corrected chi connectivity index (χ2v) is 7.25. The normalized spacial score (nSPS) is 10.4. The molecule has 9 heteroatoms. The lowest BCUT2D eigenvalue weighted by atomic mass is 10.1. The number of benzene rings is 2. The highest BCUT2D eigenvalue weighted by Gasteiger charge is 2.11. The van der Waals surface area contributed by atoms with Gasteiger partial charge in [0.25, 0.3) is 0 Å². The first-order valence-electron chi connectivity index (χ1n) is 9.16. The average molecular weight is 436 g/mol. The monoisotopic (exact) mass is 435 g/mol. The van der Waals surface area contributed by atoms with Crippen LogP contribution in [0.15, 0.2) is 53.7 Å². The van der Waals surface area contributed by atoms with Crippen molar-refractivity contribution in [3.05, 3.63) is 59.7 Å². The summed E-state index contributed by atoms with van der Waals surface area (Å²) in [5.74, 6) is 2.50. The Kier molecular flexibility index (Phi) is 9.76. The van der Waals surface area contributed by atoms with Gasteiger partial charge in [0.15, 0.2) is 11.5 Å². The number of tetrazole rings is 1. The largest absolute Gasteiger partial charge is 0.493 e. The molecule has 0 saturated carbocycles. The number of para-hydroxylation sites is 1. The molecule has 29 heavy (non-hydrogen) atoms. The van der Waals surface area contributed by atoms with Gasteiger partial charge in [-0.1, -0.05) is 54.2 Å². The van der Waals surface area contributed by atoms with Crippen molar-refractivity contribution < 1.29 is 9.47 Å². The van der Waals surface area contributed by atoms with E-state index in [1.165, 1.54) is 0 Å². The minimum absolute atomic E-state index is 0. The van der Waals surface area contributed by atoms with Gasteiger partial charge in [0.1, 0.15) is 6.61 Å². The summed E-state index contributed by atoms with van der Waals surface area (Å²) in [4.78, 5) is 0. The molecule has 0 atom stereocenters. The van der Waals surface area contributed by atoms with E-state index in [0.29, 0.717) is 6.61 Å². The fourth-order valence-corrected chi connectivity index (χ4v) is 3.47. The van der Waals surface area contributed by atoms with Gasteiger partial charge in [-0.05, 0) is 35.0 Å². The van der Waals surface area contributed by atoms with Crippen molar-refractivity contribution in [2.45, 2.75) is 24.7 Å². The van der Waals surface area contributed by atoms with E-state index >= 15 is 0 Å². The number of aromatic nitrogens is 4. The molecule has 0 fully saturated rings. The topological polar surface area (TPSA) is 74.1 Å². The fourth-order valence-electron chi connectivity index (χ4n) is 2.68. The Bertz CT molecular complexity index is 863. The van der Waals surface area contributed by atoms with Gasteiger partial charge in [-0.15, -0.1) is 17.5 Å². The van der Waals surface area contributed by atoms with Crippen LogP contribution < -0.4 is 14.8 Å². The van der Waals surface area contributed by atoms with Crippen LogP contribution in [0.2, 0.25) is 0 Å². The standard InChI is InChI=1S/C20H25N5O2S.ClH/c1-25-20(22-23-24-25)28-13-7-12-21-14-17-10-6-11-18(26-2)19(17)27-15-16-8-4-3-5-9-16;/h3-6,8-11,21H,7,12-15H2,1-2H3;1H. The van der Waals surface area contributed by atoms with Crippen molar-refractivity contribution in [3.8, 4) is 11.5 Å². The molecular weight excluding hydrogens is 410 g/mol. The van der Waals surface area contributed by atoms with E-state index in [1.807, 2.05) is 37.4 Å². The summed E-state index contributed by atoms with van der Waals surface area (Å²) in [6, 6.07) is 16.1. The second kappa shape index (κ2) is 12.3. The van der Waals surface area contributed by atoms with Crippen molar-refractivity contribution in [2.75, 3.05) is 19.4 Å². The van der Waals surface area contributed by atoms with Crippen LogP contribution in [0, 0.1) is 0 Å². The molecule has 1 heterocycles. The van der Waals surface area contributed by atoms with Gasteiger partial charge in [-0.25, -0.2) is 4.68 Å². The van der Waals surface area contributed by atoms with E-state index < -0.39 is 0 Å². The van der Waals surface area contributed by atoms with Crippen molar-refractivity contribution in [2.24, 2.45) is 7.05 Å². The molecule has 0 bridgehead atoms. The number of hydrogen-bond donors (Lipinski definition) is 1. The second-order valence-electron chi connectivity index (χ2n) is 6.19. The lowest BCUT2D eigenvalue weighted by molar-refractivity contribution is 0.280. The average Bonchev–Trinajstić information content (AvgIpc) is 3.14. The van der Waals surface area contributed by atoms with Gasteiger partial charge in [0.05, 0.1) is 7.11 Å². The maximum Gasteiger partial charge on any atom is 0.209 e. The van der Waals surface area contributed by atoms with E-state index in [9.17, 15) is 0 Å². The Morgan fingerprint density at radius 1 is 1.10 bits per heavy atom. The van der Waals surface area contributed by atoms with E-state index in [4.69, 9.17) is 9.47 Å². The Balaban J connectivity index is 0.00000300. The number of nitrogens with one attached hydrogen (secondary N) is 1. The molecule has 0 radical (unpaired) electrons. The molecular formula is C20H26ClN5O2S. The Morgan fingerprint density at radius 3 is 2.66 bits per heavy atom. The highest BCUT2D eigenvalue weighted by molar-refractivity contribution is 7.99. The SMILES string of the molecule is COc1cccc(CNCCCSc2nnnn2C)c1OCc1ccccc1.Cl. The van der Waals surface area contributed by atoms with Crippen molar-refractivity contribution in [1.82, 2.24) is 25.5 Å². The first-order chi connectivity index (χ1) is 13.8. The number of rotatable bonds is 11. The number of nitrogens with zero attached hydrogens (tertiary/aromatic N) is 4. The maximum atomic E-state index is 6.09. The highest BCUT2D eigenvalue weighted by atomic mass is 35.5. The molecule has 0 aliphatic carbocycles. The fraction of sp³-hybridized carbons (Fsp3) is 0.350. The molecule has 0 spiro atoms. The summed E-state index contributed by atoms with van der Waals surface area (Å²) in [6.45, 7) is 2.13. The molecule has 0 amide bonds. The molecule has 0 aliphatic heterocycles. The van der Waals surface area contributed by atoms with Gasteiger partial charge < -0.3 is 14.8 Å². The van der Waals surface area contributed by atoms with Crippen LogP contribution in [-0.2, 0) is 20.2 Å². The van der Waals surface area contributed by atoms with E-state index in [-0.39, 0.29) is 12.4 Å². The number of ether oxygens (including phenoxy) is 2. The zero-order valence-electron chi connectivity index (χ0n) is 16.6. The molecule has 3 rings (SSSR count). The van der Waals surface area contributed by atoms with Crippen molar-refractivity contribution in [1.29, 1.82) is 0 Å². The highest BCUT2D eigenvalue weighted by Crippen LogP contribution is 2.31. The zero-order chi connectivity index (χ0) is 19.6. The molecule has 0 unspecified atom stereocenters. The Morgan fingerprint density at radius 2 is 1.93 bits per heavy atom. The summed E-state index contributed by atoms with van der Waals surface area (Å²) >= 11 is 1.66. The predicted molar refractivity (Wildman–Crippen MR) is 117 cm³/mol. The van der Waals surface area contributed by atoms with Gasteiger partial charge in [-0.3, -0.25) is 0 Å². The van der Waals surface area contributed by atoms with Gasteiger partial charge >= 0.3 is 0 Å². The van der Waals surface area contributed by atoms with Crippen LogP contribution in [0.3, 0.4) is 0 Å². The summed E-state index contributed by atoms with van der Waals surface area (Å²) in [6.07, 6.45) is 1.02. The van der Waals surface area contributed by atoms with Crippen molar-refractivity contribution >= 4 is 24.2 Å². The van der Waals surface area contributed by atoms with Crippen LogP contribution in [0.25, 0.3) is 0 Å². The smallest absolute Gasteiger partial charge is 0.209 e. The van der Waals surface area contributed by atoms with Crippen molar-refractivity contribution in [3.63, 3.8) is 0 Å². The van der Waals surface area contributed by atoms with Gasteiger partial charge in [-0.2, -0.15) is 0 Å². The van der Waals surface area contributed by atoms with E-state index in [1.54, 1.807) is 23.6 Å². The molecule has 2 aromatic carbocycles. The minimum atomic E-state index is 0. The summed E-state index contributed by atoms with van der Waals surface area (Å²) in [7, 11) is 3.51. The molecule has 3 aromatic rings. The molecule has 1 N–H and O–H groups in total. The summed E-state index contributed by atoms with van der Waals surface area (Å²) in [5.41, 5.74) is 2.21. The first kappa shape index (κ1) is 23.0.